The van der Waals surface area contributed by atoms with Gasteiger partial charge in [0.2, 0.25) is 0 Å². The summed E-state index contributed by atoms with van der Waals surface area (Å²) in [6, 6.07) is 1.48. The van der Waals surface area contributed by atoms with Gasteiger partial charge in [0.25, 0.3) is 0 Å². The molecule has 0 aliphatic heterocycles. The molecule has 2 aromatic heterocycles. The summed E-state index contributed by atoms with van der Waals surface area (Å²) >= 11 is 0. The largest absolute Gasteiger partial charge is 0.511 e. The van der Waals surface area contributed by atoms with Crippen LogP contribution in [0, 0.1) is 5.92 Å². The highest BCUT2D eigenvalue weighted by molar-refractivity contribution is 5.68. The van der Waals surface area contributed by atoms with E-state index in [1.54, 1.807) is 4.52 Å². The fraction of sp³-hybridized carbons (Fsp3) is 0.500. The number of fused-ring (bicyclic) bond motifs is 1. The van der Waals surface area contributed by atoms with Crippen molar-refractivity contribution in [2.24, 2.45) is 5.92 Å². The van der Waals surface area contributed by atoms with Crippen molar-refractivity contribution >= 4 is 17.4 Å². The molecular formula is C16H19N3O4. The number of aryl methyl sites for hydroxylation is 1. The second-order valence-electron chi connectivity index (χ2n) is 6.05. The molecule has 0 radical (unpaired) electrons. The van der Waals surface area contributed by atoms with E-state index in [-0.39, 0.29) is 29.2 Å². The van der Waals surface area contributed by atoms with Gasteiger partial charge in [0.15, 0.2) is 11.1 Å². The number of aliphatic hydroxyl groups is 1. The van der Waals surface area contributed by atoms with Gasteiger partial charge < -0.3 is 10.2 Å². The van der Waals surface area contributed by atoms with Crippen LogP contribution in [0.4, 0.5) is 0 Å². The molecule has 0 atom stereocenters. The van der Waals surface area contributed by atoms with E-state index in [1.165, 1.54) is 31.7 Å². The Bertz CT molecular complexity index is 839. The summed E-state index contributed by atoms with van der Waals surface area (Å²) < 4.78 is 1.58. The standard InChI is InChI=1S/C16H19N3O4/c20-12(6-7-14(22)23)15-13(21)8-11(5-4-10-2-1-3-10)19-16(15)17-9-18-19/h8-10,20H,1-7H2,(H,22,23)/b15-12-. The summed E-state index contributed by atoms with van der Waals surface area (Å²) in [5, 5.41) is 23.0. The van der Waals surface area contributed by atoms with Crippen LogP contribution in [0.2, 0.25) is 0 Å². The van der Waals surface area contributed by atoms with E-state index in [9.17, 15) is 14.7 Å². The van der Waals surface area contributed by atoms with Gasteiger partial charge in [-0.2, -0.15) is 5.10 Å². The number of carboxylic acid groups (broad SMARTS) is 1. The van der Waals surface area contributed by atoms with E-state index in [4.69, 9.17) is 5.11 Å². The van der Waals surface area contributed by atoms with Crippen molar-refractivity contribution in [1.29, 1.82) is 0 Å². The lowest BCUT2D eigenvalue weighted by atomic mass is 9.82. The average Bonchev–Trinajstić information content (AvgIpc) is 2.92. The lowest BCUT2D eigenvalue weighted by Gasteiger charge is -2.25. The Morgan fingerprint density at radius 1 is 1.30 bits per heavy atom. The van der Waals surface area contributed by atoms with Crippen LogP contribution in [0.5, 0.6) is 0 Å². The van der Waals surface area contributed by atoms with E-state index in [0.717, 1.165) is 24.5 Å². The maximum absolute atomic E-state index is 12.4. The third kappa shape index (κ3) is 3.18. The molecule has 2 aromatic rings. The number of carbonyl (C=O) groups is 1. The van der Waals surface area contributed by atoms with Gasteiger partial charge in [0.1, 0.15) is 17.3 Å². The Kier molecular flexibility index (Phi) is 4.27. The van der Waals surface area contributed by atoms with Crippen molar-refractivity contribution in [3.8, 4) is 0 Å². The van der Waals surface area contributed by atoms with Crippen molar-refractivity contribution < 1.29 is 15.0 Å². The number of aliphatic hydroxyl groups excluding tert-OH is 1. The highest BCUT2D eigenvalue weighted by Gasteiger charge is 2.18. The molecule has 0 unspecified atom stereocenters. The fourth-order valence-corrected chi connectivity index (χ4v) is 2.95. The van der Waals surface area contributed by atoms with Gasteiger partial charge >= 0.3 is 5.97 Å². The predicted molar refractivity (Wildman–Crippen MR) is 83.0 cm³/mol. The first kappa shape index (κ1) is 15.5. The molecule has 0 amide bonds. The molecule has 122 valence electrons. The first-order valence-corrected chi connectivity index (χ1v) is 7.86. The molecule has 2 heterocycles. The van der Waals surface area contributed by atoms with Gasteiger partial charge in [-0.15, -0.1) is 0 Å². The third-order valence-electron chi connectivity index (χ3n) is 4.49. The van der Waals surface area contributed by atoms with Gasteiger partial charge in [0, 0.05) is 18.2 Å². The number of pyridine rings is 1. The molecule has 0 bridgehead atoms. The summed E-state index contributed by atoms with van der Waals surface area (Å²) in [5.74, 6) is -0.557. The number of aliphatic carboxylic acids is 1. The lowest BCUT2D eigenvalue weighted by Crippen LogP contribution is -2.31. The lowest BCUT2D eigenvalue weighted by molar-refractivity contribution is -0.136. The van der Waals surface area contributed by atoms with Crippen LogP contribution in [0.15, 0.2) is 17.2 Å². The number of aromatic nitrogens is 3. The molecular weight excluding hydrogens is 298 g/mol. The van der Waals surface area contributed by atoms with Crippen LogP contribution < -0.4 is 10.6 Å². The SMILES string of the molecule is O=C(O)CC/C(O)=c1\c(=O)cc(CCC2CCC2)n2ncnc12. The Morgan fingerprint density at radius 2 is 2.09 bits per heavy atom. The second-order valence-corrected chi connectivity index (χ2v) is 6.05. The first-order valence-electron chi connectivity index (χ1n) is 7.86. The minimum Gasteiger partial charge on any atom is -0.511 e. The van der Waals surface area contributed by atoms with Crippen molar-refractivity contribution in [2.75, 3.05) is 0 Å². The number of hydrogen-bond acceptors (Lipinski definition) is 5. The van der Waals surface area contributed by atoms with Crippen molar-refractivity contribution in [1.82, 2.24) is 14.6 Å². The van der Waals surface area contributed by atoms with Crippen LogP contribution in [0.1, 0.15) is 44.2 Å². The normalized spacial score (nSPS) is 16.3. The van der Waals surface area contributed by atoms with Crippen LogP contribution in [0.3, 0.4) is 0 Å². The number of hydrogen-bond donors (Lipinski definition) is 2. The van der Waals surface area contributed by atoms with E-state index in [1.807, 2.05) is 0 Å². The predicted octanol–water partition coefficient (Wildman–Crippen LogP) is 1.07. The molecule has 1 saturated carbocycles. The van der Waals surface area contributed by atoms with Crippen LogP contribution >= 0.6 is 0 Å². The maximum atomic E-state index is 12.4. The highest BCUT2D eigenvalue weighted by atomic mass is 16.4. The van der Waals surface area contributed by atoms with Crippen LogP contribution in [0.25, 0.3) is 11.4 Å². The minimum atomic E-state index is -1.03. The number of carboxylic acids is 1. The van der Waals surface area contributed by atoms with Crippen molar-refractivity contribution in [3.05, 3.63) is 33.5 Å². The van der Waals surface area contributed by atoms with Crippen molar-refractivity contribution in [2.45, 2.75) is 44.9 Å². The fourth-order valence-electron chi connectivity index (χ4n) is 2.95. The molecule has 3 rings (SSSR count). The molecule has 2 N–H and O–H groups in total. The molecule has 23 heavy (non-hydrogen) atoms. The molecule has 7 heteroatoms. The van der Waals surface area contributed by atoms with Gasteiger partial charge in [-0.1, -0.05) is 19.3 Å². The zero-order chi connectivity index (χ0) is 16.4. The third-order valence-corrected chi connectivity index (χ3v) is 4.49. The Morgan fingerprint density at radius 3 is 2.74 bits per heavy atom. The summed E-state index contributed by atoms with van der Waals surface area (Å²) in [4.78, 5) is 27.1. The molecule has 1 fully saturated rings. The highest BCUT2D eigenvalue weighted by Crippen LogP contribution is 2.30. The zero-order valence-corrected chi connectivity index (χ0v) is 12.7. The Balaban J connectivity index is 1.98. The van der Waals surface area contributed by atoms with E-state index in [0.29, 0.717) is 5.65 Å². The topological polar surface area (TPSA) is 105 Å². The smallest absolute Gasteiger partial charge is 0.303 e. The van der Waals surface area contributed by atoms with E-state index >= 15 is 0 Å². The van der Waals surface area contributed by atoms with Crippen molar-refractivity contribution in [3.63, 3.8) is 0 Å². The molecule has 1 aliphatic rings. The van der Waals surface area contributed by atoms with Gasteiger partial charge in [-0.3, -0.25) is 9.59 Å². The minimum absolute atomic E-state index is 0.0520. The molecule has 0 spiro atoms. The Hall–Kier alpha value is -2.44. The molecule has 0 aromatic carbocycles. The summed E-state index contributed by atoms with van der Waals surface area (Å²) in [6.07, 6.45) is 6.53. The average molecular weight is 317 g/mol. The Labute approximate surface area is 132 Å². The van der Waals surface area contributed by atoms with E-state index < -0.39 is 5.97 Å². The molecule has 1 aliphatic carbocycles. The van der Waals surface area contributed by atoms with Crippen LogP contribution in [-0.4, -0.2) is 30.8 Å². The summed E-state index contributed by atoms with van der Waals surface area (Å²) in [6.45, 7) is 0. The second kappa shape index (κ2) is 6.36. The molecule has 7 nitrogen and oxygen atoms in total. The monoisotopic (exact) mass is 317 g/mol. The zero-order valence-electron chi connectivity index (χ0n) is 12.7. The van der Waals surface area contributed by atoms with Gasteiger partial charge in [-0.05, 0) is 18.8 Å². The molecule has 0 saturated heterocycles. The van der Waals surface area contributed by atoms with E-state index in [2.05, 4.69) is 10.1 Å². The van der Waals surface area contributed by atoms with Crippen LogP contribution in [-0.2, 0) is 11.2 Å². The summed E-state index contributed by atoms with van der Waals surface area (Å²) in [7, 11) is 0. The number of nitrogens with zero attached hydrogens (tertiary/aromatic N) is 3. The van der Waals surface area contributed by atoms with Gasteiger partial charge in [0.05, 0.1) is 6.42 Å². The quantitative estimate of drug-likeness (QED) is 0.826. The maximum Gasteiger partial charge on any atom is 0.303 e. The number of rotatable bonds is 6. The van der Waals surface area contributed by atoms with Gasteiger partial charge in [-0.25, -0.2) is 9.50 Å². The summed E-state index contributed by atoms with van der Waals surface area (Å²) in [5.41, 5.74) is 0.741. The first-order chi connectivity index (χ1) is 11.1.